The van der Waals surface area contributed by atoms with Gasteiger partial charge in [0.2, 0.25) is 10.0 Å². The van der Waals surface area contributed by atoms with Crippen LogP contribution in [0.1, 0.15) is 28.7 Å². The zero-order valence-electron chi connectivity index (χ0n) is 15.2. The Morgan fingerprint density at radius 3 is 2.70 bits per heavy atom. The van der Waals surface area contributed by atoms with Crippen LogP contribution in [0.3, 0.4) is 0 Å². The number of rotatable bonds is 5. The first kappa shape index (κ1) is 17.9. The van der Waals surface area contributed by atoms with Gasteiger partial charge in [-0.2, -0.15) is 0 Å². The van der Waals surface area contributed by atoms with Gasteiger partial charge in [-0.3, -0.25) is 4.79 Å². The highest BCUT2D eigenvalue weighted by Gasteiger charge is 2.18. The van der Waals surface area contributed by atoms with E-state index in [2.05, 4.69) is 9.71 Å². The van der Waals surface area contributed by atoms with Crippen molar-refractivity contribution in [2.45, 2.75) is 37.5 Å². The molecule has 0 bridgehead atoms. The third-order valence-electron chi connectivity index (χ3n) is 5.18. The van der Waals surface area contributed by atoms with Gasteiger partial charge >= 0.3 is 0 Å². The summed E-state index contributed by atoms with van der Waals surface area (Å²) in [5, 5.41) is 0.950. The molecule has 5 nitrogen and oxygen atoms in total. The number of nitrogens with one attached hydrogen (secondary N) is 2. The Morgan fingerprint density at radius 2 is 1.85 bits per heavy atom. The molecule has 1 aliphatic carbocycles. The fraction of sp³-hybridized carbons (Fsp3) is 0.286. The lowest BCUT2D eigenvalue weighted by Gasteiger charge is -2.09. The zero-order valence-corrected chi connectivity index (χ0v) is 16.0. The number of hydrogen-bond acceptors (Lipinski definition) is 3. The lowest BCUT2D eigenvalue weighted by atomic mass is 10.1. The average Bonchev–Trinajstić information content (AvgIpc) is 3.10. The van der Waals surface area contributed by atoms with Crippen molar-refractivity contribution < 1.29 is 8.42 Å². The molecule has 0 saturated heterocycles. The molecule has 1 heterocycles. The molecule has 0 unspecified atom stereocenters. The number of aromatic nitrogens is 1. The molecule has 0 fully saturated rings. The van der Waals surface area contributed by atoms with E-state index in [0.717, 1.165) is 41.3 Å². The van der Waals surface area contributed by atoms with Crippen LogP contribution in [0, 0.1) is 6.92 Å². The highest BCUT2D eigenvalue weighted by Crippen LogP contribution is 2.24. The topological polar surface area (TPSA) is 79.0 Å². The van der Waals surface area contributed by atoms with E-state index in [1.807, 2.05) is 30.3 Å². The SMILES string of the molecule is Cc1cc2cc(CCNS(=O)(=O)c3ccc4c(c3)CCC4)ccc2[nH]c1=O. The van der Waals surface area contributed by atoms with Gasteiger partial charge in [0.05, 0.1) is 4.90 Å². The third-order valence-corrected chi connectivity index (χ3v) is 6.64. The van der Waals surface area contributed by atoms with Crippen molar-refractivity contribution >= 4 is 20.9 Å². The van der Waals surface area contributed by atoms with Gasteiger partial charge in [-0.15, -0.1) is 0 Å². The van der Waals surface area contributed by atoms with Crippen LogP contribution in [-0.4, -0.2) is 19.9 Å². The van der Waals surface area contributed by atoms with Crippen molar-refractivity contribution in [2.24, 2.45) is 0 Å². The number of benzene rings is 2. The number of fused-ring (bicyclic) bond motifs is 2. The number of sulfonamides is 1. The molecule has 1 aromatic heterocycles. The molecule has 1 aliphatic rings. The summed E-state index contributed by atoms with van der Waals surface area (Å²) in [6, 6.07) is 13.1. The van der Waals surface area contributed by atoms with E-state index in [9.17, 15) is 13.2 Å². The van der Waals surface area contributed by atoms with E-state index < -0.39 is 10.0 Å². The number of H-pyrrole nitrogens is 1. The first-order chi connectivity index (χ1) is 12.9. The summed E-state index contributed by atoms with van der Waals surface area (Å²) < 4.78 is 27.8. The maximum Gasteiger partial charge on any atom is 0.251 e. The number of pyridine rings is 1. The van der Waals surface area contributed by atoms with E-state index in [1.54, 1.807) is 19.1 Å². The molecule has 2 aromatic carbocycles. The minimum Gasteiger partial charge on any atom is -0.322 e. The molecule has 0 atom stereocenters. The van der Waals surface area contributed by atoms with Gasteiger partial charge in [0.25, 0.3) is 5.56 Å². The molecular formula is C21H22N2O3S. The predicted octanol–water partition coefficient (Wildman–Crippen LogP) is 2.85. The van der Waals surface area contributed by atoms with Crippen LogP contribution in [0.15, 0.2) is 52.2 Å². The molecule has 0 amide bonds. The lowest BCUT2D eigenvalue weighted by Crippen LogP contribution is -2.26. The highest BCUT2D eigenvalue weighted by molar-refractivity contribution is 7.89. The van der Waals surface area contributed by atoms with Crippen molar-refractivity contribution in [3.05, 3.63) is 75.1 Å². The van der Waals surface area contributed by atoms with Gasteiger partial charge in [0, 0.05) is 17.6 Å². The van der Waals surface area contributed by atoms with Crippen molar-refractivity contribution in [2.75, 3.05) is 6.54 Å². The van der Waals surface area contributed by atoms with Gasteiger partial charge in [0.15, 0.2) is 0 Å². The van der Waals surface area contributed by atoms with E-state index in [0.29, 0.717) is 23.4 Å². The molecule has 0 radical (unpaired) electrons. The molecule has 3 aromatic rings. The van der Waals surface area contributed by atoms with Gasteiger partial charge in [-0.1, -0.05) is 12.1 Å². The second kappa shape index (κ2) is 6.94. The monoisotopic (exact) mass is 382 g/mol. The highest BCUT2D eigenvalue weighted by atomic mass is 32.2. The quantitative estimate of drug-likeness (QED) is 0.712. The van der Waals surface area contributed by atoms with E-state index in [1.165, 1.54) is 5.56 Å². The Balaban J connectivity index is 1.46. The fourth-order valence-electron chi connectivity index (χ4n) is 3.65. The molecule has 27 heavy (non-hydrogen) atoms. The molecule has 4 rings (SSSR count). The smallest absolute Gasteiger partial charge is 0.251 e. The van der Waals surface area contributed by atoms with Crippen LogP contribution < -0.4 is 10.3 Å². The minimum atomic E-state index is -3.50. The van der Waals surface area contributed by atoms with Gasteiger partial charge in [-0.25, -0.2) is 13.1 Å². The summed E-state index contributed by atoms with van der Waals surface area (Å²) in [6.07, 6.45) is 3.67. The second-order valence-corrected chi connectivity index (χ2v) is 8.90. The Labute approximate surface area is 158 Å². The van der Waals surface area contributed by atoms with Crippen molar-refractivity contribution in [3.8, 4) is 0 Å². The Bertz CT molecular complexity index is 1180. The van der Waals surface area contributed by atoms with Crippen LogP contribution in [0.25, 0.3) is 10.9 Å². The molecule has 0 saturated carbocycles. The van der Waals surface area contributed by atoms with E-state index in [4.69, 9.17) is 0 Å². The predicted molar refractivity (Wildman–Crippen MR) is 107 cm³/mol. The normalized spacial score (nSPS) is 13.8. The Hall–Kier alpha value is -2.44. The zero-order chi connectivity index (χ0) is 19.0. The van der Waals surface area contributed by atoms with Gasteiger partial charge in [-0.05, 0) is 85.0 Å². The largest absolute Gasteiger partial charge is 0.322 e. The summed E-state index contributed by atoms with van der Waals surface area (Å²) in [5.74, 6) is 0. The molecular weight excluding hydrogens is 360 g/mol. The summed E-state index contributed by atoms with van der Waals surface area (Å²) in [4.78, 5) is 14.9. The second-order valence-electron chi connectivity index (χ2n) is 7.13. The van der Waals surface area contributed by atoms with Gasteiger partial charge in [0.1, 0.15) is 0 Å². The lowest BCUT2D eigenvalue weighted by molar-refractivity contribution is 0.581. The van der Waals surface area contributed by atoms with Crippen molar-refractivity contribution in [1.29, 1.82) is 0 Å². The van der Waals surface area contributed by atoms with Crippen molar-refractivity contribution in [3.63, 3.8) is 0 Å². The maximum atomic E-state index is 12.6. The summed E-state index contributed by atoms with van der Waals surface area (Å²) in [5.41, 5.74) is 4.79. The average molecular weight is 382 g/mol. The van der Waals surface area contributed by atoms with E-state index in [-0.39, 0.29) is 5.56 Å². The number of aryl methyl sites for hydroxylation is 3. The van der Waals surface area contributed by atoms with Crippen LogP contribution in [0.4, 0.5) is 0 Å². The molecule has 140 valence electrons. The van der Waals surface area contributed by atoms with Crippen molar-refractivity contribution in [1.82, 2.24) is 9.71 Å². The Kier molecular flexibility index (Phi) is 4.61. The summed E-state index contributed by atoms with van der Waals surface area (Å²) in [6.45, 7) is 2.10. The molecule has 6 heteroatoms. The van der Waals surface area contributed by atoms with E-state index >= 15 is 0 Å². The molecule has 0 spiro atoms. The Morgan fingerprint density at radius 1 is 1.04 bits per heavy atom. The van der Waals surface area contributed by atoms with Crippen LogP contribution in [0.5, 0.6) is 0 Å². The maximum absolute atomic E-state index is 12.6. The van der Waals surface area contributed by atoms with Crippen LogP contribution in [-0.2, 0) is 29.3 Å². The fourth-order valence-corrected chi connectivity index (χ4v) is 4.73. The number of aromatic amines is 1. The number of hydrogen-bond donors (Lipinski definition) is 2. The standard InChI is InChI=1S/C21H22N2O3S/c1-14-11-18-12-15(5-8-20(18)23-21(14)24)9-10-22-27(25,26)19-7-6-16-3-2-4-17(16)13-19/h5-8,11-13,22H,2-4,9-10H2,1H3,(H,23,24). The molecule has 0 aliphatic heterocycles. The van der Waals surface area contributed by atoms with Crippen LogP contribution >= 0.6 is 0 Å². The first-order valence-corrected chi connectivity index (χ1v) is 10.6. The summed E-state index contributed by atoms with van der Waals surface area (Å²) >= 11 is 0. The summed E-state index contributed by atoms with van der Waals surface area (Å²) in [7, 11) is -3.50. The minimum absolute atomic E-state index is 0.0858. The first-order valence-electron chi connectivity index (χ1n) is 9.16. The van der Waals surface area contributed by atoms with Crippen LogP contribution in [0.2, 0.25) is 0 Å². The van der Waals surface area contributed by atoms with Gasteiger partial charge < -0.3 is 4.98 Å². The molecule has 2 N–H and O–H groups in total. The third kappa shape index (κ3) is 3.68.